The molecule has 0 radical (unpaired) electrons. The van der Waals surface area contributed by atoms with Gasteiger partial charge < -0.3 is 5.11 Å². The number of aliphatic hydroxyl groups excluding tert-OH is 1. The van der Waals surface area contributed by atoms with Crippen molar-refractivity contribution >= 4 is 0 Å². The summed E-state index contributed by atoms with van der Waals surface area (Å²) in [6.45, 7) is 9.56. The molecule has 0 saturated carbocycles. The average molecular weight is 140 g/mol. The predicted octanol–water partition coefficient (Wildman–Crippen LogP) is 2.28. The molecule has 0 aliphatic rings. The van der Waals surface area contributed by atoms with Crippen LogP contribution in [0.3, 0.4) is 0 Å². The van der Waals surface area contributed by atoms with Gasteiger partial charge in [-0.3, -0.25) is 0 Å². The van der Waals surface area contributed by atoms with E-state index in [1.165, 1.54) is 5.57 Å². The van der Waals surface area contributed by atoms with Crippen molar-refractivity contribution in [2.45, 2.75) is 33.3 Å². The molecule has 0 amide bonds. The van der Waals surface area contributed by atoms with Crippen LogP contribution >= 0.6 is 0 Å². The van der Waals surface area contributed by atoms with Gasteiger partial charge in [0.2, 0.25) is 0 Å². The van der Waals surface area contributed by atoms with E-state index in [-0.39, 0.29) is 0 Å². The average Bonchev–Trinajstić information content (AvgIpc) is 1.87. The first-order valence-electron chi connectivity index (χ1n) is 3.62. The van der Waals surface area contributed by atoms with Crippen LogP contribution in [0.25, 0.3) is 0 Å². The summed E-state index contributed by atoms with van der Waals surface area (Å²) in [4.78, 5) is 0. The van der Waals surface area contributed by atoms with Crippen molar-refractivity contribution in [3.8, 4) is 0 Å². The van der Waals surface area contributed by atoms with Crippen molar-refractivity contribution in [3.63, 3.8) is 0 Å². The number of hydrogen-bond acceptors (Lipinski definition) is 1. The highest BCUT2D eigenvalue weighted by molar-refractivity contribution is 5.22. The van der Waals surface area contributed by atoms with Gasteiger partial charge in [0.05, 0.1) is 6.10 Å². The molecule has 0 bridgehead atoms. The quantitative estimate of drug-likeness (QED) is 0.596. The van der Waals surface area contributed by atoms with Crippen LogP contribution in [0, 0.1) is 0 Å². The summed E-state index contributed by atoms with van der Waals surface area (Å²) in [6, 6.07) is 0. The van der Waals surface area contributed by atoms with Gasteiger partial charge in [-0.15, -0.1) is 0 Å². The third-order valence-corrected chi connectivity index (χ3v) is 1.53. The van der Waals surface area contributed by atoms with E-state index in [2.05, 4.69) is 13.5 Å². The van der Waals surface area contributed by atoms with E-state index in [4.69, 9.17) is 5.11 Å². The van der Waals surface area contributed by atoms with Crippen LogP contribution in [0.2, 0.25) is 0 Å². The largest absolute Gasteiger partial charge is 0.389 e. The van der Waals surface area contributed by atoms with Crippen LogP contribution in [0.15, 0.2) is 23.8 Å². The van der Waals surface area contributed by atoms with Crippen molar-refractivity contribution in [1.29, 1.82) is 0 Å². The van der Waals surface area contributed by atoms with Crippen molar-refractivity contribution in [2.24, 2.45) is 0 Å². The van der Waals surface area contributed by atoms with Crippen molar-refractivity contribution in [3.05, 3.63) is 23.8 Å². The maximum atomic E-state index is 9.02. The molecule has 0 fully saturated rings. The maximum absolute atomic E-state index is 9.02. The highest BCUT2D eigenvalue weighted by atomic mass is 16.3. The fraction of sp³-hybridized carbons (Fsp3) is 0.556. The van der Waals surface area contributed by atoms with Crippen molar-refractivity contribution < 1.29 is 5.11 Å². The Hall–Kier alpha value is -0.560. The zero-order valence-electron chi connectivity index (χ0n) is 7.02. The molecular weight excluding hydrogens is 124 g/mol. The number of allylic oxidation sites excluding steroid dienone is 1. The number of rotatable bonds is 3. The minimum atomic E-state index is -0.415. The first-order valence-corrected chi connectivity index (χ1v) is 3.62. The summed E-state index contributed by atoms with van der Waals surface area (Å²) in [5, 5.41) is 9.02. The topological polar surface area (TPSA) is 20.2 Å². The summed E-state index contributed by atoms with van der Waals surface area (Å²) in [7, 11) is 0. The Morgan fingerprint density at radius 1 is 1.70 bits per heavy atom. The standard InChI is InChI=1S/C9H16O/c1-5-7(2)6-8(3)9(4)10/h6,9-10H,3,5H2,1-2,4H3/b7-6+. The summed E-state index contributed by atoms with van der Waals surface area (Å²) in [5.74, 6) is 0. The van der Waals surface area contributed by atoms with E-state index in [0.717, 1.165) is 12.0 Å². The minimum Gasteiger partial charge on any atom is -0.389 e. The summed E-state index contributed by atoms with van der Waals surface area (Å²) in [5.41, 5.74) is 2.05. The number of hydrogen-bond donors (Lipinski definition) is 1. The summed E-state index contributed by atoms with van der Waals surface area (Å²) in [6.07, 6.45) is 2.54. The molecule has 1 atom stereocenters. The molecule has 0 rings (SSSR count). The second kappa shape index (κ2) is 4.29. The second-order valence-electron chi connectivity index (χ2n) is 2.60. The van der Waals surface area contributed by atoms with Crippen LogP contribution in [-0.4, -0.2) is 11.2 Å². The second-order valence-corrected chi connectivity index (χ2v) is 2.60. The molecule has 0 aromatic heterocycles. The van der Waals surface area contributed by atoms with E-state index < -0.39 is 6.10 Å². The lowest BCUT2D eigenvalue weighted by molar-refractivity contribution is 0.235. The van der Waals surface area contributed by atoms with Gasteiger partial charge in [-0.1, -0.05) is 25.2 Å². The van der Waals surface area contributed by atoms with Gasteiger partial charge in [0.25, 0.3) is 0 Å². The van der Waals surface area contributed by atoms with Crippen LogP contribution in [-0.2, 0) is 0 Å². The minimum absolute atomic E-state index is 0.415. The van der Waals surface area contributed by atoms with E-state index in [1.807, 2.05) is 13.0 Å². The van der Waals surface area contributed by atoms with E-state index >= 15 is 0 Å². The van der Waals surface area contributed by atoms with Gasteiger partial charge in [-0.25, -0.2) is 0 Å². The molecule has 58 valence electrons. The molecule has 0 spiro atoms. The Balaban J connectivity index is 4.00. The van der Waals surface area contributed by atoms with Crippen LogP contribution in [0.5, 0.6) is 0 Å². The molecule has 1 nitrogen and oxygen atoms in total. The summed E-state index contributed by atoms with van der Waals surface area (Å²) >= 11 is 0. The smallest absolute Gasteiger partial charge is 0.0756 e. The first-order chi connectivity index (χ1) is 4.57. The van der Waals surface area contributed by atoms with Gasteiger partial charge in [0.1, 0.15) is 0 Å². The molecular formula is C9H16O. The first kappa shape index (κ1) is 9.44. The lowest BCUT2D eigenvalue weighted by atomic mass is 10.1. The zero-order chi connectivity index (χ0) is 8.15. The molecule has 0 aliphatic heterocycles. The molecule has 0 saturated heterocycles. The lowest BCUT2D eigenvalue weighted by Crippen LogP contribution is -2.00. The predicted molar refractivity (Wildman–Crippen MR) is 44.9 cm³/mol. The fourth-order valence-corrected chi connectivity index (χ4v) is 0.539. The molecule has 10 heavy (non-hydrogen) atoms. The molecule has 1 N–H and O–H groups in total. The highest BCUT2D eigenvalue weighted by Crippen LogP contribution is 2.06. The molecule has 1 heteroatoms. The van der Waals surface area contributed by atoms with Crippen molar-refractivity contribution in [2.75, 3.05) is 0 Å². The molecule has 0 heterocycles. The normalized spacial score (nSPS) is 15.0. The molecule has 0 aromatic carbocycles. The third-order valence-electron chi connectivity index (χ3n) is 1.53. The zero-order valence-corrected chi connectivity index (χ0v) is 7.02. The number of aliphatic hydroxyl groups is 1. The molecule has 1 unspecified atom stereocenters. The van der Waals surface area contributed by atoms with Crippen LogP contribution in [0.1, 0.15) is 27.2 Å². The lowest BCUT2D eigenvalue weighted by Gasteiger charge is -2.03. The van der Waals surface area contributed by atoms with Gasteiger partial charge in [-0.05, 0) is 25.8 Å². The molecule has 0 aliphatic carbocycles. The fourth-order valence-electron chi connectivity index (χ4n) is 0.539. The maximum Gasteiger partial charge on any atom is 0.0756 e. The van der Waals surface area contributed by atoms with Crippen LogP contribution < -0.4 is 0 Å². The SMILES string of the molecule is C=C(/C=C(\C)CC)C(C)O. The Bertz CT molecular complexity index is 143. The van der Waals surface area contributed by atoms with Gasteiger partial charge in [-0.2, -0.15) is 0 Å². The van der Waals surface area contributed by atoms with E-state index in [1.54, 1.807) is 6.92 Å². The van der Waals surface area contributed by atoms with E-state index in [0.29, 0.717) is 0 Å². The Kier molecular flexibility index (Phi) is 4.05. The molecule has 0 aromatic rings. The summed E-state index contributed by atoms with van der Waals surface area (Å²) < 4.78 is 0. The van der Waals surface area contributed by atoms with Gasteiger partial charge in [0, 0.05) is 0 Å². The van der Waals surface area contributed by atoms with Gasteiger partial charge >= 0.3 is 0 Å². The van der Waals surface area contributed by atoms with E-state index in [9.17, 15) is 0 Å². The third kappa shape index (κ3) is 3.46. The Labute approximate surface area is 63.1 Å². The Morgan fingerprint density at radius 2 is 2.20 bits per heavy atom. The Morgan fingerprint density at radius 3 is 2.50 bits per heavy atom. The highest BCUT2D eigenvalue weighted by Gasteiger charge is 1.96. The van der Waals surface area contributed by atoms with Crippen LogP contribution in [0.4, 0.5) is 0 Å². The monoisotopic (exact) mass is 140 g/mol. The van der Waals surface area contributed by atoms with Gasteiger partial charge in [0.15, 0.2) is 0 Å². The van der Waals surface area contributed by atoms with Crippen molar-refractivity contribution in [1.82, 2.24) is 0 Å².